The number of rotatable bonds is 2. The maximum absolute atomic E-state index is 12.7. The van der Waals surface area contributed by atoms with Crippen LogP contribution in [0.25, 0.3) is 0 Å². The fourth-order valence-electron chi connectivity index (χ4n) is 3.33. The second-order valence-electron chi connectivity index (χ2n) is 9.09. The fraction of sp³-hybridized carbons (Fsp3) is 0.619. The van der Waals surface area contributed by atoms with Crippen molar-refractivity contribution >= 4 is 11.7 Å². The monoisotopic (exact) mass is 329 g/mol. The van der Waals surface area contributed by atoms with Crippen LogP contribution in [0.1, 0.15) is 75.1 Å². The summed E-state index contributed by atoms with van der Waals surface area (Å²) < 4.78 is 0. The Labute approximate surface area is 146 Å². The van der Waals surface area contributed by atoms with E-state index in [9.17, 15) is 9.59 Å². The zero-order chi connectivity index (χ0) is 18.1. The Hall–Kier alpha value is -1.64. The average Bonchev–Trinajstić information content (AvgIpc) is 2.52. The first-order valence-corrected chi connectivity index (χ1v) is 8.94. The van der Waals surface area contributed by atoms with Crippen LogP contribution < -0.4 is 0 Å². The predicted octanol–water partition coefficient (Wildman–Crippen LogP) is 4.81. The number of piperidine rings is 1. The molecule has 1 aromatic carbocycles. The molecule has 0 spiro atoms. The highest BCUT2D eigenvalue weighted by Gasteiger charge is 2.30. The quantitative estimate of drug-likeness (QED) is 0.730. The van der Waals surface area contributed by atoms with Gasteiger partial charge in [0.2, 0.25) is 0 Å². The fourth-order valence-corrected chi connectivity index (χ4v) is 3.33. The molecular weight excluding hydrogens is 298 g/mol. The lowest BCUT2D eigenvalue weighted by Gasteiger charge is -2.38. The smallest absolute Gasteiger partial charge is 0.253 e. The molecule has 1 saturated heterocycles. The number of carbonyl (C=O) groups excluding carboxylic acids is 2. The number of hydrogen-bond acceptors (Lipinski definition) is 2. The van der Waals surface area contributed by atoms with E-state index in [-0.39, 0.29) is 11.7 Å². The van der Waals surface area contributed by atoms with E-state index in [1.54, 1.807) is 24.3 Å². The summed E-state index contributed by atoms with van der Waals surface area (Å²) >= 11 is 0. The van der Waals surface area contributed by atoms with Crippen molar-refractivity contribution in [3.63, 3.8) is 0 Å². The van der Waals surface area contributed by atoms with Crippen molar-refractivity contribution < 1.29 is 9.59 Å². The van der Waals surface area contributed by atoms with Gasteiger partial charge in [-0.05, 0) is 36.3 Å². The first-order chi connectivity index (χ1) is 11.0. The molecule has 0 saturated carbocycles. The third-order valence-corrected chi connectivity index (χ3v) is 5.08. The van der Waals surface area contributed by atoms with Crippen LogP contribution in [-0.4, -0.2) is 29.7 Å². The highest BCUT2D eigenvalue weighted by atomic mass is 16.2. The molecule has 1 fully saturated rings. The number of hydrogen-bond donors (Lipinski definition) is 0. The topological polar surface area (TPSA) is 37.4 Å². The van der Waals surface area contributed by atoms with Crippen LogP contribution in [0.3, 0.4) is 0 Å². The summed E-state index contributed by atoms with van der Waals surface area (Å²) in [6.45, 7) is 14.2. The van der Waals surface area contributed by atoms with Gasteiger partial charge in [-0.15, -0.1) is 0 Å². The molecule has 1 aromatic rings. The molecule has 1 aliphatic heterocycles. The van der Waals surface area contributed by atoms with Crippen molar-refractivity contribution in [2.24, 2.45) is 16.7 Å². The Morgan fingerprint density at radius 1 is 0.875 bits per heavy atom. The van der Waals surface area contributed by atoms with Gasteiger partial charge in [-0.3, -0.25) is 9.59 Å². The van der Waals surface area contributed by atoms with Gasteiger partial charge in [-0.25, -0.2) is 0 Å². The number of nitrogens with zero attached hydrogens (tertiary/aromatic N) is 1. The molecule has 1 aliphatic rings. The molecule has 3 heteroatoms. The SMILES string of the molecule is CC(C)(C)C(=O)c1ccc(C(=O)N2CCC(C(C)(C)C)CC2)cc1. The van der Waals surface area contributed by atoms with Crippen molar-refractivity contribution in [2.45, 2.75) is 54.4 Å². The van der Waals surface area contributed by atoms with E-state index >= 15 is 0 Å². The minimum absolute atomic E-state index is 0.0807. The zero-order valence-corrected chi connectivity index (χ0v) is 16.0. The van der Waals surface area contributed by atoms with E-state index < -0.39 is 5.41 Å². The molecule has 3 nitrogen and oxygen atoms in total. The molecule has 0 unspecified atom stereocenters. The van der Waals surface area contributed by atoms with E-state index in [0.717, 1.165) is 25.9 Å². The lowest BCUT2D eigenvalue weighted by molar-refractivity contribution is 0.0608. The van der Waals surface area contributed by atoms with Gasteiger partial charge in [0.05, 0.1) is 0 Å². The van der Waals surface area contributed by atoms with Crippen molar-refractivity contribution in [2.75, 3.05) is 13.1 Å². The van der Waals surface area contributed by atoms with E-state index in [2.05, 4.69) is 20.8 Å². The molecule has 0 aromatic heterocycles. The minimum atomic E-state index is -0.402. The van der Waals surface area contributed by atoms with Crippen LogP contribution in [0, 0.1) is 16.7 Å². The van der Waals surface area contributed by atoms with Gasteiger partial charge in [-0.1, -0.05) is 53.7 Å². The summed E-state index contributed by atoms with van der Waals surface area (Å²) in [4.78, 5) is 26.9. The molecule has 0 radical (unpaired) electrons. The van der Waals surface area contributed by atoms with Crippen LogP contribution in [0.4, 0.5) is 0 Å². The molecule has 24 heavy (non-hydrogen) atoms. The normalized spacial score (nSPS) is 17.0. The second-order valence-corrected chi connectivity index (χ2v) is 9.09. The largest absolute Gasteiger partial charge is 0.339 e. The Morgan fingerprint density at radius 3 is 1.75 bits per heavy atom. The standard InChI is InChI=1S/C21H31NO2/c1-20(2,3)17-11-13-22(14-12-17)19(24)16-9-7-15(8-10-16)18(23)21(4,5)6/h7-10,17H,11-14H2,1-6H3. The molecule has 0 aliphatic carbocycles. The summed E-state index contributed by atoms with van der Waals surface area (Å²) in [5.41, 5.74) is 1.25. The van der Waals surface area contributed by atoms with Crippen molar-refractivity contribution in [1.29, 1.82) is 0 Å². The van der Waals surface area contributed by atoms with Crippen LogP contribution in [0.2, 0.25) is 0 Å². The molecular formula is C21H31NO2. The third-order valence-electron chi connectivity index (χ3n) is 5.08. The Morgan fingerprint density at radius 2 is 1.33 bits per heavy atom. The number of likely N-dealkylation sites (tertiary alicyclic amines) is 1. The Balaban J connectivity index is 2.03. The van der Waals surface area contributed by atoms with Crippen LogP contribution in [0.5, 0.6) is 0 Å². The zero-order valence-electron chi connectivity index (χ0n) is 16.0. The summed E-state index contributed by atoms with van der Waals surface area (Å²) in [5, 5.41) is 0. The van der Waals surface area contributed by atoms with E-state index in [1.165, 1.54) is 0 Å². The van der Waals surface area contributed by atoms with Gasteiger partial charge >= 0.3 is 0 Å². The molecule has 0 atom stereocenters. The average molecular weight is 329 g/mol. The number of amides is 1. The number of benzene rings is 1. The maximum atomic E-state index is 12.7. The van der Waals surface area contributed by atoms with E-state index in [1.807, 2.05) is 25.7 Å². The predicted molar refractivity (Wildman–Crippen MR) is 98.3 cm³/mol. The van der Waals surface area contributed by atoms with Gasteiger partial charge in [0.15, 0.2) is 5.78 Å². The highest BCUT2D eigenvalue weighted by Crippen LogP contribution is 2.34. The van der Waals surface area contributed by atoms with Crippen molar-refractivity contribution in [3.8, 4) is 0 Å². The lowest BCUT2D eigenvalue weighted by atomic mass is 9.75. The van der Waals surface area contributed by atoms with Gasteiger partial charge in [0.25, 0.3) is 5.91 Å². The summed E-state index contributed by atoms with van der Waals surface area (Å²) in [6.07, 6.45) is 2.13. The summed E-state index contributed by atoms with van der Waals surface area (Å²) in [6, 6.07) is 7.14. The first-order valence-electron chi connectivity index (χ1n) is 8.94. The molecule has 1 amide bonds. The van der Waals surface area contributed by atoms with Crippen molar-refractivity contribution in [1.82, 2.24) is 4.90 Å². The minimum Gasteiger partial charge on any atom is -0.339 e. The van der Waals surface area contributed by atoms with Crippen LogP contribution in [-0.2, 0) is 0 Å². The molecule has 132 valence electrons. The Bertz CT molecular complexity index is 594. The Kier molecular flexibility index (Phi) is 5.22. The second kappa shape index (κ2) is 6.70. The highest BCUT2D eigenvalue weighted by molar-refractivity contribution is 6.01. The van der Waals surface area contributed by atoms with Crippen LogP contribution in [0.15, 0.2) is 24.3 Å². The number of carbonyl (C=O) groups is 2. The first kappa shape index (κ1) is 18.7. The number of ketones is 1. The molecule has 2 rings (SSSR count). The summed E-state index contributed by atoms with van der Waals surface area (Å²) in [7, 11) is 0. The van der Waals surface area contributed by atoms with Gasteiger partial charge in [0.1, 0.15) is 0 Å². The molecule has 1 heterocycles. The van der Waals surface area contributed by atoms with Crippen molar-refractivity contribution in [3.05, 3.63) is 35.4 Å². The molecule has 0 bridgehead atoms. The molecule has 0 N–H and O–H groups in total. The maximum Gasteiger partial charge on any atom is 0.253 e. The lowest BCUT2D eigenvalue weighted by Crippen LogP contribution is -2.41. The third kappa shape index (κ3) is 4.25. The van der Waals surface area contributed by atoms with E-state index in [0.29, 0.717) is 22.5 Å². The summed E-state index contributed by atoms with van der Waals surface area (Å²) in [5.74, 6) is 0.859. The van der Waals surface area contributed by atoms with E-state index in [4.69, 9.17) is 0 Å². The van der Waals surface area contributed by atoms with Gasteiger partial charge in [-0.2, -0.15) is 0 Å². The number of Topliss-reactive ketones (excluding diaryl/α,β-unsaturated/α-hetero) is 1. The van der Waals surface area contributed by atoms with Gasteiger partial charge < -0.3 is 4.90 Å². The van der Waals surface area contributed by atoms with Gasteiger partial charge in [0, 0.05) is 29.6 Å². The van der Waals surface area contributed by atoms with Crippen LogP contribution >= 0.6 is 0 Å².